The summed E-state index contributed by atoms with van der Waals surface area (Å²) in [6.45, 7) is 12.3. The number of carbonyl (C=O) groups is 1. The Balaban J connectivity index is 2.38. The zero-order valence-corrected chi connectivity index (χ0v) is 16.2. The quantitative estimate of drug-likeness (QED) is 0.787. The molecule has 0 heterocycles. The monoisotopic (exact) mass is 327 g/mol. The molecule has 5 nitrogen and oxygen atoms in total. The van der Waals surface area contributed by atoms with Crippen molar-refractivity contribution in [1.29, 1.82) is 0 Å². The smallest absolute Gasteiger partial charge is 0.407 e. The number of carbonyl (C=O) groups excluding carboxylic acids is 1. The second-order valence-corrected chi connectivity index (χ2v) is 8.99. The summed E-state index contributed by atoms with van der Waals surface area (Å²) in [5.41, 5.74) is -0.193. The lowest BCUT2D eigenvalue weighted by molar-refractivity contribution is 0.0487. The molecule has 0 aromatic carbocycles. The summed E-state index contributed by atoms with van der Waals surface area (Å²) in [6.07, 6.45) is 4.06. The number of alkyl carbamates (subject to hydrolysis) is 1. The Hall–Kier alpha value is -0.810. The summed E-state index contributed by atoms with van der Waals surface area (Å²) >= 11 is 0. The fourth-order valence-corrected chi connectivity index (χ4v) is 3.31. The van der Waals surface area contributed by atoms with Gasteiger partial charge in [-0.25, -0.2) is 4.79 Å². The molecule has 1 amide bonds. The molecule has 0 bridgehead atoms. The van der Waals surface area contributed by atoms with Gasteiger partial charge in [0.1, 0.15) is 5.60 Å². The molecule has 2 unspecified atom stereocenters. The Bertz CT molecular complexity index is 375. The zero-order valence-electron chi connectivity index (χ0n) is 16.2. The Labute approximate surface area is 142 Å². The first-order valence-corrected chi connectivity index (χ1v) is 8.84. The minimum absolute atomic E-state index is 0.216. The van der Waals surface area contributed by atoms with Gasteiger partial charge in [0.15, 0.2) is 0 Å². The highest BCUT2D eigenvalue weighted by Crippen LogP contribution is 2.21. The maximum Gasteiger partial charge on any atom is 0.407 e. The van der Waals surface area contributed by atoms with Crippen LogP contribution in [0.25, 0.3) is 0 Å². The standard InChI is InChI=1S/C18H37N3O2/c1-17(2,3)23-16(22)20-15-10-8-9-14(11-15)19-12-18(4,5)13-21(6)7/h14-15,19H,8-13H2,1-7H3,(H,20,22). The fraction of sp³-hybridized carbons (Fsp3) is 0.944. The third-order valence-electron chi connectivity index (χ3n) is 4.01. The number of rotatable bonds is 6. The molecule has 1 fully saturated rings. The molecule has 1 aliphatic carbocycles. The Morgan fingerprint density at radius 1 is 1.13 bits per heavy atom. The fourth-order valence-electron chi connectivity index (χ4n) is 3.31. The van der Waals surface area contributed by atoms with Crippen LogP contribution < -0.4 is 10.6 Å². The van der Waals surface area contributed by atoms with Crippen molar-refractivity contribution in [2.75, 3.05) is 27.2 Å². The first-order valence-electron chi connectivity index (χ1n) is 8.84. The van der Waals surface area contributed by atoms with E-state index in [4.69, 9.17) is 4.74 Å². The summed E-state index contributed by atoms with van der Waals surface area (Å²) in [5, 5.41) is 6.73. The second-order valence-electron chi connectivity index (χ2n) is 8.99. The predicted molar refractivity (Wildman–Crippen MR) is 95.8 cm³/mol. The highest BCUT2D eigenvalue weighted by atomic mass is 16.6. The van der Waals surface area contributed by atoms with Crippen LogP contribution in [0.5, 0.6) is 0 Å². The van der Waals surface area contributed by atoms with Crippen LogP contribution >= 0.6 is 0 Å². The molecule has 1 aliphatic rings. The lowest BCUT2D eigenvalue weighted by atomic mass is 9.88. The van der Waals surface area contributed by atoms with Crippen LogP contribution in [-0.4, -0.2) is 55.9 Å². The summed E-state index contributed by atoms with van der Waals surface area (Å²) < 4.78 is 5.36. The lowest BCUT2D eigenvalue weighted by Gasteiger charge is -2.35. The van der Waals surface area contributed by atoms with Gasteiger partial charge in [-0.15, -0.1) is 0 Å². The molecule has 0 saturated heterocycles. The minimum atomic E-state index is -0.438. The van der Waals surface area contributed by atoms with E-state index in [-0.39, 0.29) is 17.6 Å². The maximum absolute atomic E-state index is 11.9. The van der Waals surface area contributed by atoms with Crippen molar-refractivity contribution in [3.63, 3.8) is 0 Å². The maximum atomic E-state index is 11.9. The average molecular weight is 328 g/mol. The third-order valence-corrected chi connectivity index (χ3v) is 4.01. The number of ether oxygens (including phenoxy) is 1. The number of hydrogen-bond donors (Lipinski definition) is 2. The van der Waals surface area contributed by atoms with E-state index in [1.807, 2.05) is 20.8 Å². The van der Waals surface area contributed by atoms with E-state index in [1.54, 1.807) is 0 Å². The van der Waals surface area contributed by atoms with Crippen LogP contribution in [0.15, 0.2) is 0 Å². The molecular formula is C18H37N3O2. The van der Waals surface area contributed by atoms with E-state index in [0.29, 0.717) is 6.04 Å². The van der Waals surface area contributed by atoms with E-state index in [1.165, 1.54) is 6.42 Å². The average Bonchev–Trinajstić information content (AvgIpc) is 2.33. The molecule has 0 aromatic rings. The van der Waals surface area contributed by atoms with E-state index in [0.717, 1.165) is 32.4 Å². The van der Waals surface area contributed by atoms with Gasteiger partial charge in [0.05, 0.1) is 0 Å². The van der Waals surface area contributed by atoms with Gasteiger partial charge in [0.2, 0.25) is 0 Å². The number of hydrogen-bond acceptors (Lipinski definition) is 4. The highest BCUT2D eigenvalue weighted by Gasteiger charge is 2.27. The van der Waals surface area contributed by atoms with Crippen LogP contribution in [0, 0.1) is 5.41 Å². The SMILES string of the molecule is CN(C)CC(C)(C)CNC1CCCC(NC(=O)OC(C)(C)C)C1. The Morgan fingerprint density at radius 2 is 1.74 bits per heavy atom. The van der Waals surface area contributed by atoms with Gasteiger partial charge in [-0.05, 0) is 66.0 Å². The molecule has 0 aliphatic heterocycles. The normalized spacial score (nSPS) is 23.0. The van der Waals surface area contributed by atoms with Crippen molar-refractivity contribution in [3.05, 3.63) is 0 Å². The van der Waals surface area contributed by atoms with Gasteiger partial charge < -0.3 is 20.3 Å². The number of amides is 1. The summed E-state index contributed by atoms with van der Waals surface area (Å²) in [4.78, 5) is 14.1. The van der Waals surface area contributed by atoms with Gasteiger partial charge in [0.25, 0.3) is 0 Å². The number of nitrogens with zero attached hydrogens (tertiary/aromatic N) is 1. The summed E-state index contributed by atoms with van der Waals surface area (Å²) in [7, 11) is 4.23. The van der Waals surface area contributed by atoms with E-state index >= 15 is 0 Å². The molecule has 5 heteroatoms. The van der Waals surface area contributed by atoms with Crippen molar-refractivity contribution >= 4 is 6.09 Å². The largest absolute Gasteiger partial charge is 0.444 e. The molecule has 1 saturated carbocycles. The van der Waals surface area contributed by atoms with Gasteiger partial charge in [0, 0.05) is 25.2 Å². The van der Waals surface area contributed by atoms with E-state index in [2.05, 4.69) is 43.5 Å². The first-order chi connectivity index (χ1) is 10.5. The van der Waals surface area contributed by atoms with Crippen molar-refractivity contribution in [1.82, 2.24) is 15.5 Å². The van der Waals surface area contributed by atoms with Crippen LogP contribution in [0.4, 0.5) is 4.79 Å². The molecule has 2 N–H and O–H groups in total. The summed E-state index contributed by atoms with van der Waals surface area (Å²) in [6, 6.07) is 0.693. The minimum Gasteiger partial charge on any atom is -0.444 e. The first kappa shape index (κ1) is 20.2. The Kier molecular flexibility index (Phi) is 7.33. The molecule has 1 rings (SSSR count). The van der Waals surface area contributed by atoms with Crippen LogP contribution in [-0.2, 0) is 4.74 Å². The van der Waals surface area contributed by atoms with Gasteiger partial charge in [-0.1, -0.05) is 13.8 Å². The lowest BCUT2D eigenvalue weighted by Crippen LogP contribution is -2.48. The van der Waals surface area contributed by atoms with E-state index < -0.39 is 5.60 Å². The highest BCUT2D eigenvalue weighted by molar-refractivity contribution is 5.68. The predicted octanol–water partition coefficient (Wildman–Crippen LogP) is 3.00. The second kappa shape index (κ2) is 8.34. The molecule has 136 valence electrons. The molecule has 0 aromatic heterocycles. The Morgan fingerprint density at radius 3 is 2.30 bits per heavy atom. The van der Waals surface area contributed by atoms with E-state index in [9.17, 15) is 4.79 Å². The van der Waals surface area contributed by atoms with Crippen LogP contribution in [0.2, 0.25) is 0 Å². The van der Waals surface area contributed by atoms with Crippen molar-refractivity contribution in [2.45, 2.75) is 78.0 Å². The number of nitrogens with one attached hydrogen (secondary N) is 2. The topological polar surface area (TPSA) is 53.6 Å². The van der Waals surface area contributed by atoms with Crippen LogP contribution in [0.1, 0.15) is 60.3 Å². The zero-order chi connectivity index (χ0) is 17.7. The van der Waals surface area contributed by atoms with Gasteiger partial charge >= 0.3 is 6.09 Å². The molecule has 2 atom stereocenters. The van der Waals surface area contributed by atoms with Crippen molar-refractivity contribution < 1.29 is 9.53 Å². The molecular weight excluding hydrogens is 290 g/mol. The van der Waals surface area contributed by atoms with Crippen molar-refractivity contribution in [2.24, 2.45) is 5.41 Å². The van der Waals surface area contributed by atoms with Gasteiger partial charge in [-0.2, -0.15) is 0 Å². The summed E-state index contributed by atoms with van der Waals surface area (Å²) in [5.74, 6) is 0. The third kappa shape index (κ3) is 9.16. The molecule has 0 spiro atoms. The molecule has 23 heavy (non-hydrogen) atoms. The molecule has 0 radical (unpaired) electrons. The van der Waals surface area contributed by atoms with Crippen LogP contribution in [0.3, 0.4) is 0 Å². The van der Waals surface area contributed by atoms with Crippen molar-refractivity contribution in [3.8, 4) is 0 Å². The van der Waals surface area contributed by atoms with Gasteiger partial charge in [-0.3, -0.25) is 0 Å².